The topological polar surface area (TPSA) is 57.5 Å². The molecule has 0 aromatic rings. The molecule has 0 heterocycles. The summed E-state index contributed by atoms with van der Waals surface area (Å²) in [6.07, 6.45) is 12.9. The van der Waals surface area contributed by atoms with Crippen molar-refractivity contribution in [3.8, 4) is 0 Å². The number of aliphatic carboxylic acids is 1. The first-order valence-corrected chi connectivity index (χ1v) is 8.93. The van der Waals surface area contributed by atoms with Crippen LogP contribution in [0.2, 0.25) is 0 Å². The zero-order valence-electron chi connectivity index (χ0n) is 15.1. The lowest BCUT2D eigenvalue weighted by molar-refractivity contribution is -0.131. The van der Waals surface area contributed by atoms with Gasteiger partial charge in [0, 0.05) is 17.9 Å². The Morgan fingerprint density at radius 3 is 2.62 bits per heavy atom. The van der Waals surface area contributed by atoms with Gasteiger partial charge in [-0.05, 0) is 51.4 Å². The highest BCUT2D eigenvalue weighted by Crippen LogP contribution is 2.50. The molecule has 132 valence electrons. The van der Waals surface area contributed by atoms with Gasteiger partial charge in [-0.3, -0.25) is 0 Å². The summed E-state index contributed by atoms with van der Waals surface area (Å²) in [6.45, 7) is 8.68. The smallest absolute Gasteiger partial charge is 0.328 e. The third kappa shape index (κ3) is 3.89. The molecular formula is C21H30O3. The lowest BCUT2D eigenvalue weighted by Crippen LogP contribution is -2.45. The van der Waals surface area contributed by atoms with Gasteiger partial charge in [0.15, 0.2) is 0 Å². The summed E-state index contributed by atoms with van der Waals surface area (Å²) >= 11 is 0. The van der Waals surface area contributed by atoms with Gasteiger partial charge < -0.3 is 10.2 Å². The zero-order valence-corrected chi connectivity index (χ0v) is 15.1. The van der Waals surface area contributed by atoms with Crippen LogP contribution in [0.3, 0.4) is 0 Å². The largest absolute Gasteiger partial charge is 0.478 e. The van der Waals surface area contributed by atoms with Crippen LogP contribution in [0.1, 0.15) is 40.5 Å². The number of carbonyl (C=O) groups is 1. The number of fused-ring (bicyclic) bond motifs is 1. The van der Waals surface area contributed by atoms with Gasteiger partial charge in [0.25, 0.3) is 0 Å². The molecule has 2 aliphatic rings. The van der Waals surface area contributed by atoms with Crippen LogP contribution in [0.5, 0.6) is 0 Å². The highest BCUT2D eigenvalue weighted by Gasteiger charge is 2.45. The number of carboxylic acid groups (broad SMARTS) is 1. The fourth-order valence-electron chi connectivity index (χ4n) is 4.66. The molecule has 0 bridgehead atoms. The predicted molar refractivity (Wildman–Crippen MR) is 97.5 cm³/mol. The van der Waals surface area contributed by atoms with Gasteiger partial charge in [-0.2, -0.15) is 0 Å². The Balaban J connectivity index is 2.42. The first-order chi connectivity index (χ1) is 11.4. The van der Waals surface area contributed by atoms with Gasteiger partial charge in [0.1, 0.15) is 0 Å². The highest BCUT2D eigenvalue weighted by molar-refractivity contribution is 5.80. The Morgan fingerprint density at radius 2 is 2.00 bits per heavy atom. The van der Waals surface area contributed by atoms with Crippen molar-refractivity contribution in [2.75, 3.05) is 0 Å². The second-order valence-corrected chi connectivity index (χ2v) is 7.36. The van der Waals surface area contributed by atoms with Gasteiger partial charge in [-0.25, -0.2) is 4.79 Å². The van der Waals surface area contributed by atoms with Crippen molar-refractivity contribution in [2.24, 2.45) is 29.6 Å². The summed E-state index contributed by atoms with van der Waals surface area (Å²) in [5.41, 5.74) is 2.66. The fourth-order valence-corrected chi connectivity index (χ4v) is 4.66. The Hall–Kier alpha value is -1.61. The monoisotopic (exact) mass is 330 g/mol. The molecule has 0 aromatic heterocycles. The number of aliphatic hydroxyl groups is 1. The number of hydrogen-bond acceptors (Lipinski definition) is 2. The molecular weight excluding hydrogens is 300 g/mol. The van der Waals surface area contributed by atoms with Crippen LogP contribution < -0.4 is 0 Å². The third-order valence-electron chi connectivity index (χ3n) is 5.87. The van der Waals surface area contributed by atoms with Crippen LogP contribution in [0, 0.1) is 29.6 Å². The minimum atomic E-state index is -0.931. The van der Waals surface area contributed by atoms with E-state index in [9.17, 15) is 9.90 Å². The number of carboxylic acids is 1. The van der Waals surface area contributed by atoms with Crippen LogP contribution in [0.25, 0.3) is 0 Å². The van der Waals surface area contributed by atoms with Crippen molar-refractivity contribution in [3.05, 3.63) is 47.6 Å². The predicted octanol–water partition coefficient (Wildman–Crippen LogP) is 4.37. The normalized spacial score (nSPS) is 37.5. The second kappa shape index (κ2) is 7.98. The maximum Gasteiger partial charge on any atom is 0.328 e. The van der Waals surface area contributed by atoms with E-state index in [0.29, 0.717) is 23.7 Å². The number of hydrogen-bond donors (Lipinski definition) is 2. The van der Waals surface area contributed by atoms with Crippen molar-refractivity contribution < 1.29 is 15.0 Å². The van der Waals surface area contributed by atoms with Crippen molar-refractivity contribution in [3.63, 3.8) is 0 Å². The first-order valence-electron chi connectivity index (χ1n) is 8.93. The fraction of sp³-hybridized carbons (Fsp3) is 0.571. The molecule has 24 heavy (non-hydrogen) atoms. The summed E-state index contributed by atoms with van der Waals surface area (Å²) in [4.78, 5) is 10.7. The van der Waals surface area contributed by atoms with Gasteiger partial charge in [-0.1, -0.05) is 48.5 Å². The average Bonchev–Trinajstić information content (AvgIpc) is 2.53. The summed E-state index contributed by atoms with van der Waals surface area (Å²) in [5.74, 6) is 0.838. The van der Waals surface area contributed by atoms with Gasteiger partial charge in [0.2, 0.25) is 0 Å². The molecule has 0 aliphatic heterocycles. The summed E-state index contributed by atoms with van der Waals surface area (Å²) in [6, 6.07) is 0. The van der Waals surface area contributed by atoms with E-state index >= 15 is 0 Å². The molecule has 6 atom stereocenters. The molecule has 3 nitrogen and oxygen atoms in total. The molecule has 3 unspecified atom stereocenters. The summed E-state index contributed by atoms with van der Waals surface area (Å²) in [5, 5.41) is 19.3. The number of aliphatic hydroxyl groups excluding tert-OH is 1. The quantitative estimate of drug-likeness (QED) is 0.457. The molecule has 3 heteroatoms. The highest BCUT2D eigenvalue weighted by atomic mass is 16.4. The van der Waals surface area contributed by atoms with Crippen LogP contribution in [-0.2, 0) is 4.79 Å². The Labute approximate surface area is 145 Å². The van der Waals surface area contributed by atoms with Crippen LogP contribution in [-0.4, -0.2) is 22.3 Å². The van der Waals surface area contributed by atoms with E-state index in [2.05, 4.69) is 45.9 Å². The van der Waals surface area contributed by atoms with Crippen LogP contribution in [0.15, 0.2) is 47.6 Å². The second-order valence-electron chi connectivity index (χ2n) is 7.36. The molecule has 2 rings (SSSR count). The number of allylic oxidation sites excluding steroid dienone is 6. The van der Waals surface area contributed by atoms with E-state index in [0.717, 1.165) is 18.9 Å². The van der Waals surface area contributed by atoms with Crippen molar-refractivity contribution >= 4 is 5.97 Å². The van der Waals surface area contributed by atoms with Gasteiger partial charge in [-0.15, -0.1) is 0 Å². The zero-order chi connectivity index (χ0) is 17.9. The van der Waals surface area contributed by atoms with Crippen LogP contribution in [0.4, 0.5) is 0 Å². The van der Waals surface area contributed by atoms with Crippen molar-refractivity contribution in [1.82, 2.24) is 0 Å². The maximum absolute atomic E-state index is 10.7. The Kier molecular flexibility index (Phi) is 6.22. The van der Waals surface area contributed by atoms with Gasteiger partial charge >= 0.3 is 5.97 Å². The Bertz CT molecular complexity index is 582. The lowest BCUT2D eigenvalue weighted by Gasteiger charge is -2.48. The van der Waals surface area contributed by atoms with E-state index in [1.54, 1.807) is 6.08 Å². The summed E-state index contributed by atoms with van der Waals surface area (Å²) < 4.78 is 0. The number of rotatable bonds is 4. The third-order valence-corrected chi connectivity index (χ3v) is 5.87. The molecule has 0 radical (unpaired) electrons. The first kappa shape index (κ1) is 18.7. The Morgan fingerprint density at radius 1 is 1.29 bits per heavy atom. The lowest BCUT2D eigenvalue weighted by atomic mass is 9.57. The molecule has 2 aliphatic carbocycles. The van der Waals surface area contributed by atoms with E-state index in [1.807, 2.05) is 6.08 Å². The minimum Gasteiger partial charge on any atom is -0.478 e. The molecule has 2 N–H and O–H groups in total. The van der Waals surface area contributed by atoms with E-state index < -0.39 is 5.97 Å². The van der Waals surface area contributed by atoms with Crippen molar-refractivity contribution in [1.29, 1.82) is 0 Å². The molecule has 1 saturated carbocycles. The summed E-state index contributed by atoms with van der Waals surface area (Å²) in [7, 11) is 0. The molecule has 0 spiro atoms. The molecule has 0 amide bonds. The van der Waals surface area contributed by atoms with Crippen LogP contribution >= 0.6 is 0 Å². The van der Waals surface area contributed by atoms with Gasteiger partial charge in [0.05, 0.1) is 6.10 Å². The van der Waals surface area contributed by atoms with E-state index in [4.69, 9.17) is 5.11 Å². The maximum atomic E-state index is 10.7. The SMILES string of the molecule is CC=C(C)[C@@H]1C(C)=CC2C(O)CC[C@H](C)C2[C@@H]1C=CC=CC(=O)O. The molecule has 0 saturated heterocycles. The van der Waals surface area contributed by atoms with E-state index in [1.165, 1.54) is 11.1 Å². The standard InChI is InChI=1S/C21H30O3/c1-5-13(2)20-15(4)12-17-18(22)11-10-14(3)21(17)16(20)8-6-7-9-19(23)24/h5-9,12,14,16-18,20-22H,10-11H2,1-4H3,(H,23,24)/t14-,16+,17?,18?,20+,21?/m0/s1. The molecule has 1 fully saturated rings. The average molecular weight is 330 g/mol. The van der Waals surface area contributed by atoms with E-state index in [-0.39, 0.29) is 12.0 Å². The van der Waals surface area contributed by atoms with Crippen molar-refractivity contribution in [2.45, 2.75) is 46.6 Å². The minimum absolute atomic E-state index is 0.202. The molecule has 0 aromatic carbocycles.